The minimum atomic E-state index is -0.368. The molecule has 104 valence electrons. The number of ether oxygens (including phenoxy) is 1. The molecule has 3 N–H and O–H groups in total. The van der Waals surface area contributed by atoms with E-state index in [4.69, 9.17) is 10.5 Å². The normalized spacial score (nSPS) is 10.0. The largest absolute Gasteiger partial charge is 0.491 e. The molecule has 20 heavy (non-hydrogen) atoms. The van der Waals surface area contributed by atoms with Gasteiger partial charge in [-0.2, -0.15) is 0 Å². The molecule has 0 aliphatic heterocycles. The second-order valence-corrected chi connectivity index (χ2v) is 4.27. The summed E-state index contributed by atoms with van der Waals surface area (Å²) in [5.74, 6) is 0.343. The zero-order valence-electron chi connectivity index (χ0n) is 11.1. The molecule has 0 saturated carbocycles. The molecule has 0 spiro atoms. The first-order chi connectivity index (χ1) is 9.75. The van der Waals surface area contributed by atoms with Gasteiger partial charge in [-0.1, -0.05) is 12.1 Å². The van der Waals surface area contributed by atoms with Crippen molar-refractivity contribution in [2.75, 3.05) is 11.9 Å². The molecule has 5 nitrogen and oxygen atoms in total. The first-order valence-electron chi connectivity index (χ1n) is 6.38. The van der Waals surface area contributed by atoms with Crippen LogP contribution in [0.3, 0.4) is 0 Å². The maximum atomic E-state index is 10.7. The van der Waals surface area contributed by atoms with E-state index in [-0.39, 0.29) is 18.9 Å². The Hall–Kier alpha value is -2.56. The first kappa shape index (κ1) is 13.9. The molecule has 0 radical (unpaired) electrons. The average molecular weight is 271 g/mol. The van der Waals surface area contributed by atoms with Crippen LogP contribution in [0, 0.1) is 0 Å². The molecule has 0 unspecified atom stereocenters. The van der Waals surface area contributed by atoms with Crippen LogP contribution in [0.2, 0.25) is 0 Å². The number of hydrogen-bond acceptors (Lipinski definition) is 4. The molecule has 1 amide bonds. The van der Waals surface area contributed by atoms with Gasteiger partial charge in [-0.15, -0.1) is 0 Å². The molecule has 0 fully saturated rings. The number of anilines is 1. The van der Waals surface area contributed by atoms with Crippen LogP contribution in [-0.4, -0.2) is 17.5 Å². The van der Waals surface area contributed by atoms with Crippen molar-refractivity contribution in [2.45, 2.75) is 13.0 Å². The second-order valence-electron chi connectivity index (χ2n) is 4.27. The Morgan fingerprint density at radius 3 is 2.70 bits per heavy atom. The summed E-state index contributed by atoms with van der Waals surface area (Å²) in [7, 11) is 0. The number of carbonyl (C=O) groups is 1. The maximum absolute atomic E-state index is 10.7. The molecule has 5 heteroatoms. The van der Waals surface area contributed by atoms with Crippen LogP contribution >= 0.6 is 0 Å². The third-order valence-electron chi connectivity index (χ3n) is 2.73. The van der Waals surface area contributed by atoms with Crippen molar-refractivity contribution in [3.05, 3.63) is 54.4 Å². The first-order valence-corrected chi connectivity index (χ1v) is 6.38. The van der Waals surface area contributed by atoms with E-state index in [0.29, 0.717) is 12.3 Å². The van der Waals surface area contributed by atoms with Crippen LogP contribution in [0.4, 0.5) is 5.69 Å². The highest BCUT2D eigenvalue weighted by Gasteiger charge is 2.03. The van der Waals surface area contributed by atoms with Gasteiger partial charge in [0.05, 0.1) is 18.7 Å². The Bertz CT molecular complexity index is 558. The van der Waals surface area contributed by atoms with E-state index >= 15 is 0 Å². The molecule has 1 heterocycles. The van der Waals surface area contributed by atoms with Gasteiger partial charge in [-0.25, -0.2) is 0 Å². The van der Waals surface area contributed by atoms with Crippen molar-refractivity contribution >= 4 is 11.6 Å². The summed E-state index contributed by atoms with van der Waals surface area (Å²) >= 11 is 0. The number of benzene rings is 1. The quantitative estimate of drug-likeness (QED) is 0.807. The van der Waals surface area contributed by atoms with Crippen LogP contribution in [0.5, 0.6) is 5.75 Å². The van der Waals surface area contributed by atoms with Gasteiger partial charge in [0, 0.05) is 18.9 Å². The zero-order valence-corrected chi connectivity index (χ0v) is 11.1. The fourth-order valence-corrected chi connectivity index (χ4v) is 1.70. The molecular weight excluding hydrogens is 254 g/mol. The number of carbonyl (C=O) groups excluding carboxylic acids is 1. The Morgan fingerprint density at radius 1 is 1.20 bits per heavy atom. The van der Waals surface area contributed by atoms with Crippen LogP contribution in [0.1, 0.15) is 12.0 Å². The average Bonchev–Trinajstić information content (AvgIpc) is 2.47. The minimum absolute atomic E-state index is 0.207. The minimum Gasteiger partial charge on any atom is -0.491 e. The molecule has 0 bridgehead atoms. The Labute approximate surface area is 117 Å². The van der Waals surface area contributed by atoms with Gasteiger partial charge in [0.15, 0.2) is 0 Å². The van der Waals surface area contributed by atoms with Crippen molar-refractivity contribution < 1.29 is 9.53 Å². The number of para-hydroxylation sites is 2. The van der Waals surface area contributed by atoms with Gasteiger partial charge >= 0.3 is 0 Å². The topological polar surface area (TPSA) is 77.2 Å². The fourth-order valence-electron chi connectivity index (χ4n) is 1.70. The van der Waals surface area contributed by atoms with E-state index in [2.05, 4.69) is 10.3 Å². The monoisotopic (exact) mass is 271 g/mol. The number of primary amides is 1. The highest BCUT2D eigenvalue weighted by Crippen LogP contribution is 2.24. The van der Waals surface area contributed by atoms with E-state index in [1.165, 1.54) is 0 Å². The summed E-state index contributed by atoms with van der Waals surface area (Å²) in [5.41, 5.74) is 7.10. The number of nitrogens with zero attached hydrogens (tertiary/aromatic N) is 1. The Morgan fingerprint density at radius 2 is 1.95 bits per heavy atom. The molecule has 0 aliphatic rings. The Kier molecular flexibility index (Phi) is 4.94. The van der Waals surface area contributed by atoms with Crippen molar-refractivity contribution in [3.63, 3.8) is 0 Å². The van der Waals surface area contributed by atoms with Crippen molar-refractivity contribution in [1.82, 2.24) is 4.98 Å². The van der Waals surface area contributed by atoms with Crippen LogP contribution < -0.4 is 15.8 Å². The molecule has 0 atom stereocenters. The Balaban J connectivity index is 1.95. The number of aromatic nitrogens is 1. The highest BCUT2D eigenvalue weighted by molar-refractivity contribution is 5.73. The summed E-state index contributed by atoms with van der Waals surface area (Å²) in [6, 6.07) is 11.5. The molecule has 0 aliphatic carbocycles. The number of amides is 1. The fraction of sp³-hybridized carbons (Fsp3) is 0.200. The lowest BCUT2D eigenvalue weighted by molar-refractivity contribution is -0.118. The summed E-state index contributed by atoms with van der Waals surface area (Å²) in [5, 5.41) is 3.30. The highest BCUT2D eigenvalue weighted by atomic mass is 16.5. The van der Waals surface area contributed by atoms with Crippen molar-refractivity contribution in [3.8, 4) is 5.75 Å². The van der Waals surface area contributed by atoms with Crippen molar-refractivity contribution in [2.24, 2.45) is 5.73 Å². The van der Waals surface area contributed by atoms with Crippen LogP contribution in [0.15, 0.2) is 48.8 Å². The van der Waals surface area contributed by atoms with E-state index in [1.54, 1.807) is 12.4 Å². The molecule has 1 aromatic carbocycles. The number of nitrogens with two attached hydrogens (primary N) is 1. The van der Waals surface area contributed by atoms with Gasteiger partial charge < -0.3 is 15.8 Å². The van der Waals surface area contributed by atoms with Gasteiger partial charge in [-0.05, 0) is 29.8 Å². The molecular formula is C15H17N3O2. The molecule has 1 aromatic heterocycles. The summed E-state index contributed by atoms with van der Waals surface area (Å²) in [4.78, 5) is 14.7. The lowest BCUT2D eigenvalue weighted by Crippen LogP contribution is -2.15. The van der Waals surface area contributed by atoms with Crippen molar-refractivity contribution in [1.29, 1.82) is 0 Å². The molecule has 0 saturated heterocycles. The van der Waals surface area contributed by atoms with Gasteiger partial charge in [0.25, 0.3) is 0 Å². The SMILES string of the molecule is NC(=O)CCOc1ccccc1NCc1ccncc1. The lowest BCUT2D eigenvalue weighted by atomic mass is 10.2. The zero-order chi connectivity index (χ0) is 14.2. The van der Waals surface area contributed by atoms with E-state index in [9.17, 15) is 4.79 Å². The standard InChI is InChI=1S/C15H17N3O2/c16-15(19)7-10-20-14-4-2-1-3-13(14)18-11-12-5-8-17-9-6-12/h1-6,8-9,18H,7,10-11H2,(H2,16,19). The predicted octanol–water partition coefficient (Wildman–Crippen LogP) is 1.95. The van der Waals surface area contributed by atoms with E-state index < -0.39 is 0 Å². The summed E-state index contributed by atoms with van der Waals surface area (Å²) in [6.45, 7) is 0.960. The smallest absolute Gasteiger partial charge is 0.220 e. The van der Waals surface area contributed by atoms with Gasteiger partial charge in [0.1, 0.15) is 5.75 Å². The number of rotatable bonds is 7. The maximum Gasteiger partial charge on any atom is 0.220 e. The molecule has 2 rings (SSSR count). The lowest BCUT2D eigenvalue weighted by Gasteiger charge is -2.12. The van der Waals surface area contributed by atoms with E-state index in [0.717, 1.165) is 11.3 Å². The second kappa shape index (κ2) is 7.13. The van der Waals surface area contributed by atoms with Gasteiger partial charge in [-0.3, -0.25) is 9.78 Å². The number of nitrogens with one attached hydrogen (secondary N) is 1. The molecule has 2 aromatic rings. The summed E-state index contributed by atoms with van der Waals surface area (Å²) < 4.78 is 5.56. The third-order valence-corrected chi connectivity index (χ3v) is 2.73. The van der Waals surface area contributed by atoms with E-state index in [1.807, 2.05) is 36.4 Å². The number of hydrogen-bond donors (Lipinski definition) is 2. The summed E-state index contributed by atoms with van der Waals surface area (Å²) in [6.07, 6.45) is 3.72. The van der Waals surface area contributed by atoms with Crippen LogP contribution in [0.25, 0.3) is 0 Å². The number of pyridine rings is 1. The predicted molar refractivity (Wildman–Crippen MR) is 77.3 cm³/mol. The van der Waals surface area contributed by atoms with Crippen LogP contribution in [-0.2, 0) is 11.3 Å². The third kappa shape index (κ3) is 4.28. The van der Waals surface area contributed by atoms with Gasteiger partial charge in [0.2, 0.25) is 5.91 Å².